The predicted molar refractivity (Wildman–Crippen MR) is 96.9 cm³/mol. The first-order valence-electron chi connectivity index (χ1n) is 7.59. The van der Waals surface area contributed by atoms with Gasteiger partial charge in [-0.15, -0.1) is 0 Å². The molecule has 2 aromatic carbocycles. The van der Waals surface area contributed by atoms with Gasteiger partial charge in [0.2, 0.25) is 0 Å². The van der Waals surface area contributed by atoms with E-state index < -0.39 is 22.1 Å². The van der Waals surface area contributed by atoms with Crippen molar-refractivity contribution in [1.29, 1.82) is 0 Å². The molecule has 28 heavy (non-hydrogen) atoms. The Bertz CT molecular complexity index is 1050. The lowest BCUT2D eigenvalue weighted by Crippen LogP contribution is -2.10. The molecule has 0 amide bonds. The molecule has 0 atom stereocenters. The largest absolute Gasteiger partial charge is 0.507 e. The van der Waals surface area contributed by atoms with Gasteiger partial charge in [-0.2, -0.15) is 18.6 Å². The number of carbonyl (C=O) groups excluding carboxylic acids is 2. The number of phenolic OH excluding ortho intramolecular Hbond substituents is 1. The monoisotopic (exact) mass is 408 g/mol. The fourth-order valence-electron chi connectivity index (χ4n) is 2.06. The second-order valence-electron chi connectivity index (χ2n) is 5.35. The lowest BCUT2D eigenvalue weighted by molar-refractivity contribution is 0.0589. The van der Waals surface area contributed by atoms with Gasteiger partial charge in [-0.05, 0) is 36.4 Å². The van der Waals surface area contributed by atoms with Gasteiger partial charge in [0.25, 0.3) is 0 Å². The highest BCUT2D eigenvalue weighted by molar-refractivity contribution is 7.86. The third-order valence-corrected chi connectivity index (χ3v) is 3.76. The van der Waals surface area contributed by atoms with Crippen LogP contribution in [-0.4, -0.2) is 45.9 Å². The molecule has 10 nitrogen and oxygen atoms in total. The van der Waals surface area contributed by atoms with Gasteiger partial charge in [0.05, 0.1) is 31.9 Å². The summed E-state index contributed by atoms with van der Waals surface area (Å²) < 4.78 is 36.6. The van der Waals surface area contributed by atoms with E-state index >= 15 is 0 Å². The van der Waals surface area contributed by atoms with Crippen molar-refractivity contribution < 1.29 is 36.8 Å². The normalized spacial score (nSPS) is 11.2. The van der Waals surface area contributed by atoms with Crippen molar-refractivity contribution in [3.8, 4) is 11.5 Å². The summed E-state index contributed by atoms with van der Waals surface area (Å²) in [7, 11) is -1.56. The fourth-order valence-corrected chi connectivity index (χ4v) is 2.53. The molecule has 148 valence electrons. The van der Waals surface area contributed by atoms with E-state index in [-0.39, 0.29) is 34.0 Å². The minimum Gasteiger partial charge on any atom is -0.507 e. The highest BCUT2D eigenvalue weighted by atomic mass is 32.2. The van der Waals surface area contributed by atoms with Gasteiger partial charge in [-0.3, -0.25) is 0 Å². The molecule has 0 bridgehead atoms. The number of rotatable bonds is 6. The Morgan fingerprint density at radius 3 is 1.93 bits per heavy atom. The number of carbonyl (C=O) groups is 2. The van der Waals surface area contributed by atoms with Gasteiger partial charge in [0.1, 0.15) is 16.9 Å². The maximum Gasteiger partial charge on any atom is 0.341 e. The zero-order chi connectivity index (χ0) is 20.9. The lowest BCUT2D eigenvalue weighted by atomic mass is 10.2. The zero-order valence-electron chi connectivity index (χ0n) is 15.1. The second kappa shape index (κ2) is 8.48. The molecule has 0 fully saturated rings. The summed E-state index contributed by atoms with van der Waals surface area (Å²) in [5, 5.41) is 17.5. The minimum absolute atomic E-state index is 0.0916. The second-order valence-corrected chi connectivity index (χ2v) is 6.93. The third kappa shape index (κ3) is 5.27. The van der Waals surface area contributed by atoms with Crippen LogP contribution in [0.15, 0.2) is 46.6 Å². The fraction of sp³-hybridized carbons (Fsp3) is 0.176. The van der Waals surface area contributed by atoms with Crippen LogP contribution in [0.25, 0.3) is 0 Å². The van der Waals surface area contributed by atoms with Gasteiger partial charge < -0.3 is 18.8 Å². The van der Waals surface area contributed by atoms with E-state index in [1.165, 1.54) is 43.5 Å². The molecule has 0 saturated heterocycles. The van der Waals surface area contributed by atoms with Crippen molar-refractivity contribution in [2.24, 2.45) is 10.2 Å². The van der Waals surface area contributed by atoms with Crippen molar-refractivity contribution in [3.05, 3.63) is 47.5 Å². The van der Waals surface area contributed by atoms with Gasteiger partial charge in [-0.1, -0.05) is 0 Å². The number of azo groups is 1. The Labute approximate surface area is 160 Å². The Balaban J connectivity index is 2.38. The average Bonchev–Trinajstić information content (AvgIpc) is 2.65. The van der Waals surface area contributed by atoms with Crippen LogP contribution in [0.3, 0.4) is 0 Å². The molecule has 0 unspecified atom stereocenters. The maximum atomic E-state index is 11.9. The molecular weight excluding hydrogens is 392 g/mol. The smallest absolute Gasteiger partial charge is 0.341 e. The predicted octanol–water partition coefficient (Wildman–Crippen LogP) is 2.72. The van der Waals surface area contributed by atoms with Crippen LogP contribution in [-0.2, 0) is 19.6 Å². The highest BCUT2D eigenvalue weighted by Crippen LogP contribution is 2.29. The summed E-state index contributed by atoms with van der Waals surface area (Å²) in [6.45, 7) is 0. The molecule has 0 aliphatic heterocycles. The number of aromatic hydroxyl groups is 1. The standard InChI is InChI=1S/C17H16N2O8S/c1-25-16(21)12-8-10(4-6-14(12)20)18-19-11-5-7-15(27-28(3,23)24)13(9-11)17(22)26-2/h4-9,20H,1-3H3. The van der Waals surface area contributed by atoms with Gasteiger partial charge >= 0.3 is 22.1 Å². The number of nitrogens with zero attached hydrogens (tertiary/aromatic N) is 2. The molecule has 11 heteroatoms. The SMILES string of the molecule is COC(=O)c1cc(N=Nc2ccc(OS(C)(=O)=O)c(C(=O)OC)c2)ccc1O. The lowest BCUT2D eigenvalue weighted by Gasteiger charge is -2.08. The first kappa shape index (κ1) is 20.8. The van der Waals surface area contributed by atoms with Crippen LogP contribution in [0.2, 0.25) is 0 Å². The number of hydrogen-bond donors (Lipinski definition) is 1. The number of hydrogen-bond acceptors (Lipinski definition) is 10. The molecule has 2 rings (SSSR count). The first-order valence-corrected chi connectivity index (χ1v) is 9.41. The molecular formula is C17H16N2O8S. The van der Waals surface area contributed by atoms with E-state index in [4.69, 9.17) is 4.18 Å². The van der Waals surface area contributed by atoms with Crippen LogP contribution in [0.1, 0.15) is 20.7 Å². The Kier molecular flexibility index (Phi) is 6.31. The number of phenols is 1. The van der Waals surface area contributed by atoms with E-state index in [2.05, 4.69) is 19.7 Å². The Morgan fingerprint density at radius 1 is 0.893 bits per heavy atom. The molecule has 2 aromatic rings. The van der Waals surface area contributed by atoms with Crippen LogP contribution >= 0.6 is 0 Å². The minimum atomic E-state index is -3.86. The van der Waals surface area contributed by atoms with Crippen molar-refractivity contribution in [2.45, 2.75) is 0 Å². The Hall–Kier alpha value is -3.47. The van der Waals surface area contributed by atoms with Crippen LogP contribution in [0.5, 0.6) is 11.5 Å². The van der Waals surface area contributed by atoms with Crippen LogP contribution in [0.4, 0.5) is 11.4 Å². The molecule has 0 aliphatic carbocycles. The number of ether oxygens (including phenoxy) is 2. The Morgan fingerprint density at radius 2 is 1.39 bits per heavy atom. The maximum absolute atomic E-state index is 11.9. The van der Waals surface area contributed by atoms with E-state index in [1.54, 1.807) is 0 Å². The van der Waals surface area contributed by atoms with E-state index in [0.717, 1.165) is 13.4 Å². The number of benzene rings is 2. The van der Waals surface area contributed by atoms with Gasteiger partial charge in [0.15, 0.2) is 5.75 Å². The molecule has 0 radical (unpaired) electrons. The first-order chi connectivity index (χ1) is 13.1. The zero-order valence-corrected chi connectivity index (χ0v) is 15.9. The quantitative estimate of drug-likeness (QED) is 0.437. The van der Waals surface area contributed by atoms with Crippen molar-refractivity contribution >= 4 is 33.4 Å². The van der Waals surface area contributed by atoms with Crippen LogP contribution < -0.4 is 4.18 Å². The summed E-state index contributed by atoms with van der Waals surface area (Å²) in [6, 6.07) is 7.78. The van der Waals surface area contributed by atoms with E-state index in [0.29, 0.717) is 0 Å². The molecule has 0 spiro atoms. The summed E-state index contributed by atoms with van der Waals surface area (Å²) >= 11 is 0. The molecule has 0 aromatic heterocycles. The van der Waals surface area contributed by atoms with Crippen LogP contribution in [0, 0.1) is 0 Å². The molecule has 0 saturated carbocycles. The van der Waals surface area contributed by atoms with E-state index in [1.807, 2.05) is 0 Å². The van der Waals surface area contributed by atoms with Gasteiger partial charge in [-0.25, -0.2) is 9.59 Å². The van der Waals surface area contributed by atoms with Gasteiger partial charge in [0, 0.05) is 0 Å². The molecule has 1 N–H and O–H groups in total. The highest BCUT2D eigenvalue weighted by Gasteiger charge is 2.18. The summed E-state index contributed by atoms with van der Waals surface area (Å²) in [6.07, 6.45) is 0.839. The number of methoxy groups -OCH3 is 2. The summed E-state index contributed by atoms with van der Waals surface area (Å²) in [5.74, 6) is -2.06. The van der Waals surface area contributed by atoms with Crippen molar-refractivity contribution in [2.75, 3.05) is 20.5 Å². The topological polar surface area (TPSA) is 141 Å². The summed E-state index contributed by atoms with van der Waals surface area (Å²) in [4.78, 5) is 23.5. The van der Waals surface area contributed by atoms with E-state index in [9.17, 15) is 23.1 Å². The average molecular weight is 408 g/mol. The van der Waals surface area contributed by atoms with Crippen molar-refractivity contribution in [1.82, 2.24) is 0 Å². The number of esters is 2. The van der Waals surface area contributed by atoms with Crippen molar-refractivity contribution in [3.63, 3.8) is 0 Å². The molecule has 0 aliphatic rings. The third-order valence-electron chi connectivity index (χ3n) is 3.28. The summed E-state index contributed by atoms with van der Waals surface area (Å²) in [5.41, 5.74) is 0.166. The molecule has 0 heterocycles.